The summed E-state index contributed by atoms with van der Waals surface area (Å²) in [7, 11) is 0. The molecule has 1 heterocycles. The third-order valence-corrected chi connectivity index (χ3v) is 6.95. The lowest BCUT2D eigenvalue weighted by molar-refractivity contribution is 0.0750. The van der Waals surface area contributed by atoms with Crippen LogP contribution in [0.1, 0.15) is 90.8 Å². The third-order valence-electron chi connectivity index (χ3n) is 6.95. The van der Waals surface area contributed by atoms with Gasteiger partial charge in [0, 0.05) is 18.7 Å². The number of hydrogen-bond acceptors (Lipinski definition) is 2. The van der Waals surface area contributed by atoms with Crippen LogP contribution in [0.5, 0.6) is 0 Å². The molecule has 0 aromatic heterocycles. The van der Waals surface area contributed by atoms with Crippen LogP contribution in [0, 0.1) is 19.7 Å². The van der Waals surface area contributed by atoms with E-state index in [0.717, 1.165) is 6.42 Å². The van der Waals surface area contributed by atoms with Gasteiger partial charge in [-0.05, 0) is 123 Å². The van der Waals surface area contributed by atoms with E-state index < -0.39 is 5.60 Å². The van der Waals surface area contributed by atoms with Crippen LogP contribution in [0.25, 0.3) is 11.1 Å². The molecule has 3 aromatic rings. The quantitative estimate of drug-likeness (QED) is 0.369. The monoisotopic (exact) mass is 501 g/mol. The summed E-state index contributed by atoms with van der Waals surface area (Å²) in [5, 5.41) is 8.52. The maximum absolute atomic E-state index is 13.7. The van der Waals surface area contributed by atoms with E-state index in [2.05, 4.69) is 58.9 Å². The summed E-state index contributed by atoms with van der Waals surface area (Å²) in [6, 6.07) is 16.5. The van der Waals surface area contributed by atoms with E-state index in [1.54, 1.807) is 32.9 Å². The molecule has 0 fully saturated rings. The highest BCUT2D eigenvalue weighted by atomic mass is 19.1. The first kappa shape index (κ1) is 28.3. The molecular weight excluding hydrogens is 461 g/mol. The number of halogens is 1. The number of rotatable bonds is 4. The number of benzene rings is 3. The van der Waals surface area contributed by atoms with Crippen molar-refractivity contribution in [2.24, 2.45) is 0 Å². The largest absolute Gasteiger partial charge is 0.391 e. The molecule has 196 valence electrons. The van der Waals surface area contributed by atoms with Gasteiger partial charge in [0.15, 0.2) is 0 Å². The van der Waals surface area contributed by atoms with Gasteiger partial charge in [0.25, 0.3) is 5.91 Å². The van der Waals surface area contributed by atoms with E-state index in [4.69, 9.17) is 5.11 Å². The van der Waals surface area contributed by atoms with Crippen molar-refractivity contribution in [3.05, 3.63) is 105 Å². The molecule has 0 radical (unpaired) electrons. The van der Waals surface area contributed by atoms with E-state index >= 15 is 0 Å². The molecule has 1 N–H and O–H groups in total. The minimum atomic E-state index is -0.500. The highest BCUT2D eigenvalue weighted by Gasteiger charge is 2.30. The van der Waals surface area contributed by atoms with Gasteiger partial charge in [-0.2, -0.15) is 0 Å². The van der Waals surface area contributed by atoms with E-state index in [-0.39, 0.29) is 11.7 Å². The fraction of sp³-hybridized carbons (Fsp3) is 0.364. The number of amides is 1. The van der Waals surface area contributed by atoms with Crippen LogP contribution < -0.4 is 0 Å². The van der Waals surface area contributed by atoms with Gasteiger partial charge in [0.2, 0.25) is 0 Å². The second-order valence-electron chi connectivity index (χ2n) is 10.9. The minimum absolute atomic E-state index is 0.119. The number of fused-ring (bicyclic) bond motifs is 1. The second kappa shape index (κ2) is 11.4. The van der Waals surface area contributed by atoms with Crippen LogP contribution in [-0.2, 0) is 19.5 Å². The van der Waals surface area contributed by atoms with Crippen molar-refractivity contribution in [2.75, 3.05) is 0 Å². The molecule has 1 aliphatic rings. The Hall–Kier alpha value is -3.24. The number of carbonyl (C=O) groups excluding carboxylic acids is 1. The molecule has 0 aliphatic carbocycles. The Morgan fingerprint density at radius 3 is 1.97 bits per heavy atom. The molecule has 0 bridgehead atoms. The molecule has 0 spiro atoms. The second-order valence-corrected chi connectivity index (χ2v) is 10.9. The van der Waals surface area contributed by atoms with Gasteiger partial charge in [-0.15, -0.1) is 0 Å². The van der Waals surface area contributed by atoms with Crippen molar-refractivity contribution in [3.63, 3.8) is 0 Å². The number of aliphatic hydroxyl groups is 1. The highest BCUT2D eigenvalue weighted by Crippen LogP contribution is 2.39. The Morgan fingerprint density at radius 2 is 1.43 bits per heavy atom. The molecule has 0 atom stereocenters. The zero-order chi connectivity index (χ0) is 27.5. The summed E-state index contributed by atoms with van der Waals surface area (Å²) in [6.45, 7) is 17.3. The molecule has 37 heavy (non-hydrogen) atoms. The molecule has 3 nitrogen and oxygen atoms in total. The average Bonchev–Trinajstić information content (AvgIpc) is 3.30. The smallest absolute Gasteiger partial charge is 0.254 e. The van der Waals surface area contributed by atoms with Crippen LogP contribution in [0.3, 0.4) is 0 Å². The van der Waals surface area contributed by atoms with Crippen LogP contribution in [0.2, 0.25) is 0 Å². The average molecular weight is 502 g/mol. The summed E-state index contributed by atoms with van der Waals surface area (Å²) in [5.74, 6) is -0.501. The van der Waals surface area contributed by atoms with Crippen LogP contribution >= 0.6 is 0 Å². The van der Waals surface area contributed by atoms with Crippen molar-refractivity contribution in [1.82, 2.24) is 4.90 Å². The van der Waals surface area contributed by atoms with Gasteiger partial charge in [-0.25, -0.2) is 4.39 Å². The fourth-order valence-corrected chi connectivity index (χ4v) is 5.05. The SMILES string of the molecule is CC(C)(C)O.CCc1c(C)c2c(c(C)c1/C(C)=C(\C)c1ccccc1)CN(C(=O)c1cccc(F)c1)C2. The first-order chi connectivity index (χ1) is 17.3. The molecule has 3 aromatic carbocycles. The molecule has 0 saturated carbocycles. The first-order valence-corrected chi connectivity index (χ1v) is 13.0. The Balaban J connectivity index is 0.000000695. The number of carbonyl (C=O) groups is 1. The molecule has 4 rings (SSSR count). The van der Waals surface area contributed by atoms with E-state index in [9.17, 15) is 9.18 Å². The zero-order valence-electron chi connectivity index (χ0n) is 23.5. The highest BCUT2D eigenvalue weighted by molar-refractivity contribution is 5.95. The minimum Gasteiger partial charge on any atom is -0.391 e. The van der Waals surface area contributed by atoms with Crippen molar-refractivity contribution in [3.8, 4) is 0 Å². The number of allylic oxidation sites excluding steroid dienone is 2. The van der Waals surface area contributed by atoms with Crippen LogP contribution in [-0.4, -0.2) is 21.5 Å². The van der Waals surface area contributed by atoms with Gasteiger partial charge >= 0.3 is 0 Å². The molecule has 4 heteroatoms. The normalized spacial score (nSPS) is 13.5. The molecule has 0 saturated heterocycles. The Labute approximate surface area is 221 Å². The van der Waals surface area contributed by atoms with Crippen molar-refractivity contribution < 1.29 is 14.3 Å². The molecule has 0 unspecified atom stereocenters. The Kier molecular flexibility index (Phi) is 8.76. The van der Waals surface area contributed by atoms with Gasteiger partial charge in [0.05, 0.1) is 5.60 Å². The van der Waals surface area contributed by atoms with Crippen molar-refractivity contribution >= 4 is 17.1 Å². The molecule has 1 amide bonds. The number of nitrogens with zero attached hydrogens (tertiary/aromatic N) is 1. The Morgan fingerprint density at radius 1 is 0.892 bits per heavy atom. The summed E-state index contributed by atoms with van der Waals surface area (Å²) >= 11 is 0. The first-order valence-electron chi connectivity index (χ1n) is 13.0. The van der Waals surface area contributed by atoms with Gasteiger partial charge in [-0.3, -0.25) is 4.79 Å². The van der Waals surface area contributed by atoms with Crippen LogP contribution in [0.4, 0.5) is 4.39 Å². The molecular formula is C33H40FNO2. The predicted molar refractivity (Wildman–Crippen MR) is 152 cm³/mol. The van der Waals surface area contributed by atoms with Crippen molar-refractivity contribution in [1.29, 1.82) is 0 Å². The topological polar surface area (TPSA) is 40.5 Å². The van der Waals surface area contributed by atoms with Crippen molar-refractivity contribution in [2.45, 2.75) is 80.5 Å². The number of hydrogen-bond donors (Lipinski definition) is 1. The lowest BCUT2D eigenvalue weighted by Gasteiger charge is -2.21. The van der Waals surface area contributed by atoms with Gasteiger partial charge in [0.1, 0.15) is 5.82 Å². The van der Waals surface area contributed by atoms with Gasteiger partial charge in [-0.1, -0.05) is 43.3 Å². The maximum Gasteiger partial charge on any atom is 0.254 e. The summed E-state index contributed by atoms with van der Waals surface area (Å²) < 4.78 is 13.7. The summed E-state index contributed by atoms with van der Waals surface area (Å²) in [6.07, 6.45) is 0.937. The summed E-state index contributed by atoms with van der Waals surface area (Å²) in [5.41, 5.74) is 11.4. The van der Waals surface area contributed by atoms with E-state index in [0.29, 0.717) is 18.7 Å². The van der Waals surface area contributed by atoms with Gasteiger partial charge < -0.3 is 10.0 Å². The maximum atomic E-state index is 13.7. The fourth-order valence-electron chi connectivity index (χ4n) is 5.05. The standard InChI is InChI=1S/C29H30FNO.C4H10O/c1-6-25-20(4)26-16-31(29(32)23-13-10-14-24(30)15-23)17-27(26)21(5)28(25)19(3)18(2)22-11-8-7-9-12-22;1-4(2,3)5/h7-15H,6,16-17H2,1-5H3;5H,1-3H3/b19-18+;. The lowest BCUT2D eigenvalue weighted by Crippen LogP contribution is -2.25. The molecule has 1 aliphatic heterocycles. The van der Waals surface area contributed by atoms with Crippen LogP contribution in [0.15, 0.2) is 54.6 Å². The lowest BCUT2D eigenvalue weighted by atomic mass is 9.83. The third kappa shape index (κ3) is 6.56. The zero-order valence-corrected chi connectivity index (χ0v) is 23.5. The van der Waals surface area contributed by atoms with E-state index in [1.807, 2.05) is 11.0 Å². The Bertz CT molecular complexity index is 1310. The van der Waals surface area contributed by atoms with E-state index in [1.165, 1.54) is 62.2 Å². The summed E-state index contributed by atoms with van der Waals surface area (Å²) in [4.78, 5) is 14.9. The predicted octanol–water partition coefficient (Wildman–Crippen LogP) is 7.89.